The first-order valence-electron chi connectivity index (χ1n) is 8.99. The highest BCUT2D eigenvalue weighted by Gasteiger charge is 2.16. The summed E-state index contributed by atoms with van der Waals surface area (Å²) in [7, 11) is 2.76. The van der Waals surface area contributed by atoms with Gasteiger partial charge in [-0.15, -0.1) is 10.2 Å². The van der Waals surface area contributed by atoms with E-state index < -0.39 is 11.9 Å². The van der Waals surface area contributed by atoms with Crippen LogP contribution in [0.1, 0.15) is 20.7 Å². The summed E-state index contributed by atoms with van der Waals surface area (Å²) in [6, 6.07) is 11.0. The standard InChI is InChI=1S/C20H17ClN4O5S2/c1-29-15-8-5-12(21)9-14(15)17(27)23-19-24-25-20(32-19)31-10-16(26)22-13-6-3-11(4-7-13)18(28)30-2/h3-9H,10H2,1-2H3,(H,22,26)(H,23,24,27). The third-order valence-corrected chi connectivity index (χ3v) is 6.16. The van der Waals surface area contributed by atoms with Crippen LogP contribution in [0, 0.1) is 0 Å². The topological polar surface area (TPSA) is 120 Å². The molecule has 0 bridgehead atoms. The molecule has 32 heavy (non-hydrogen) atoms. The molecule has 2 amide bonds. The van der Waals surface area contributed by atoms with Crippen LogP contribution in [0.25, 0.3) is 0 Å². The number of carbonyl (C=O) groups excluding carboxylic acids is 3. The zero-order chi connectivity index (χ0) is 23.1. The van der Waals surface area contributed by atoms with Crippen molar-refractivity contribution in [1.29, 1.82) is 0 Å². The summed E-state index contributed by atoms with van der Waals surface area (Å²) in [5.41, 5.74) is 1.20. The lowest BCUT2D eigenvalue weighted by atomic mass is 10.2. The molecular formula is C20H17ClN4O5S2. The number of nitrogens with zero attached hydrogens (tertiary/aromatic N) is 2. The van der Waals surface area contributed by atoms with Crippen molar-refractivity contribution in [3.05, 3.63) is 58.6 Å². The fourth-order valence-electron chi connectivity index (χ4n) is 2.47. The highest BCUT2D eigenvalue weighted by molar-refractivity contribution is 8.01. The van der Waals surface area contributed by atoms with Gasteiger partial charge in [0.05, 0.1) is 31.1 Å². The molecule has 2 aromatic carbocycles. The molecule has 3 aromatic rings. The third-order valence-electron chi connectivity index (χ3n) is 3.95. The first-order valence-corrected chi connectivity index (χ1v) is 11.2. The van der Waals surface area contributed by atoms with Crippen molar-refractivity contribution in [2.24, 2.45) is 0 Å². The van der Waals surface area contributed by atoms with Gasteiger partial charge in [-0.1, -0.05) is 34.7 Å². The fraction of sp³-hybridized carbons (Fsp3) is 0.150. The molecule has 2 N–H and O–H groups in total. The van der Waals surface area contributed by atoms with E-state index in [9.17, 15) is 14.4 Å². The van der Waals surface area contributed by atoms with Gasteiger partial charge in [-0.3, -0.25) is 14.9 Å². The van der Waals surface area contributed by atoms with E-state index in [2.05, 4.69) is 25.6 Å². The molecule has 12 heteroatoms. The van der Waals surface area contributed by atoms with Crippen molar-refractivity contribution in [3.8, 4) is 5.75 Å². The summed E-state index contributed by atoms with van der Waals surface area (Å²) >= 11 is 8.27. The predicted octanol–water partition coefficient (Wildman–Crippen LogP) is 3.97. The van der Waals surface area contributed by atoms with Gasteiger partial charge in [0, 0.05) is 10.7 Å². The van der Waals surface area contributed by atoms with E-state index in [1.807, 2.05) is 0 Å². The van der Waals surface area contributed by atoms with Gasteiger partial charge in [0.1, 0.15) is 5.75 Å². The van der Waals surface area contributed by atoms with Crippen LogP contribution < -0.4 is 15.4 Å². The van der Waals surface area contributed by atoms with Gasteiger partial charge in [0.2, 0.25) is 11.0 Å². The number of hydrogen-bond acceptors (Lipinski definition) is 9. The maximum atomic E-state index is 12.5. The first kappa shape index (κ1) is 23.5. The maximum absolute atomic E-state index is 12.5. The Morgan fingerprint density at radius 1 is 1.06 bits per heavy atom. The third kappa shape index (κ3) is 6.19. The van der Waals surface area contributed by atoms with Crippen molar-refractivity contribution in [3.63, 3.8) is 0 Å². The molecule has 0 unspecified atom stereocenters. The minimum absolute atomic E-state index is 0.0868. The van der Waals surface area contributed by atoms with Gasteiger partial charge in [-0.2, -0.15) is 0 Å². The van der Waals surface area contributed by atoms with Crippen LogP contribution in [0.2, 0.25) is 5.02 Å². The second kappa shape index (κ2) is 10.9. The molecule has 0 aliphatic heterocycles. The molecule has 1 heterocycles. The summed E-state index contributed by atoms with van der Waals surface area (Å²) in [4.78, 5) is 36.1. The Balaban J connectivity index is 1.53. The number of methoxy groups -OCH3 is 2. The molecule has 0 atom stereocenters. The minimum atomic E-state index is -0.452. The maximum Gasteiger partial charge on any atom is 0.337 e. The van der Waals surface area contributed by atoms with E-state index in [-0.39, 0.29) is 22.4 Å². The number of anilines is 2. The number of esters is 1. The Kier molecular flexibility index (Phi) is 8.03. The Bertz CT molecular complexity index is 1140. The van der Waals surface area contributed by atoms with E-state index in [0.717, 1.165) is 11.3 Å². The van der Waals surface area contributed by atoms with Crippen LogP contribution in [0.3, 0.4) is 0 Å². The first-order chi connectivity index (χ1) is 15.4. The van der Waals surface area contributed by atoms with Crippen LogP contribution >= 0.6 is 34.7 Å². The number of amides is 2. The summed E-state index contributed by atoms with van der Waals surface area (Å²) in [6.07, 6.45) is 0. The number of nitrogens with one attached hydrogen (secondary N) is 2. The summed E-state index contributed by atoms with van der Waals surface area (Å²) in [5, 5.41) is 13.9. The number of carbonyl (C=O) groups is 3. The Morgan fingerprint density at radius 2 is 1.81 bits per heavy atom. The van der Waals surface area contributed by atoms with Crippen molar-refractivity contribution < 1.29 is 23.9 Å². The summed E-state index contributed by atoms with van der Waals surface area (Å²) in [6.45, 7) is 0. The number of hydrogen-bond donors (Lipinski definition) is 2. The molecule has 9 nitrogen and oxygen atoms in total. The van der Waals surface area contributed by atoms with Crippen molar-refractivity contribution >= 4 is 63.3 Å². The quantitative estimate of drug-likeness (QED) is 0.275. The van der Waals surface area contributed by atoms with E-state index in [4.69, 9.17) is 16.3 Å². The molecular weight excluding hydrogens is 476 g/mol. The average molecular weight is 493 g/mol. The lowest BCUT2D eigenvalue weighted by Gasteiger charge is -2.07. The van der Waals surface area contributed by atoms with Gasteiger partial charge in [0.25, 0.3) is 5.91 Å². The zero-order valence-corrected chi connectivity index (χ0v) is 19.3. The van der Waals surface area contributed by atoms with Crippen molar-refractivity contribution in [1.82, 2.24) is 10.2 Å². The lowest BCUT2D eigenvalue weighted by Crippen LogP contribution is -2.14. The predicted molar refractivity (Wildman–Crippen MR) is 123 cm³/mol. The smallest absolute Gasteiger partial charge is 0.337 e. The monoisotopic (exact) mass is 492 g/mol. The second-order valence-electron chi connectivity index (χ2n) is 6.08. The van der Waals surface area contributed by atoms with Gasteiger partial charge in [-0.05, 0) is 42.5 Å². The van der Waals surface area contributed by atoms with Crippen molar-refractivity contribution in [2.75, 3.05) is 30.6 Å². The van der Waals surface area contributed by atoms with E-state index in [0.29, 0.717) is 26.4 Å². The molecule has 1 aromatic heterocycles. The van der Waals surface area contributed by atoms with Gasteiger partial charge in [-0.25, -0.2) is 4.79 Å². The van der Waals surface area contributed by atoms with Gasteiger partial charge in [0.15, 0.2) is 4.34 Å². The summed E-state index contributed by atoms with van der Waals surface area (Å²) in [5.74, 6) is -0.687. The highest BCUT2D eigenvalue weighted by atomic mass is 35.5. The molecule has 0 saturated carbocycles. The molecule has 0 fully saturated rings. The van der Waals surface area contributed by atoms with Gasteiger partial charge < -0.3 is 14.8 Å². The molecule has 3 rings (SSSR count). The normalized spacial score (nSPS) is 10.3. The molecule has 0 aliphatic rings. The summed E-state index contributed by atoms with van der Waals surface area (Å²) < 4.78 is 10.3. The number of thioether (sulfide) groups is 1. The van der Waals surface area contributed by atoms with Gasteiger partial charge >= 0.3 is 5.97 Å². The van der Waals surface area contributed by atoms with Crippen LogP contribution in [0.4, 0.5) is 10.8 Å². The van der Waals surface area contributed by atoms with Crippen LogP contribution in [0.15, 0.2) is 46.8 Å². The van der Waals surface area contributed by atoms with Crippen LogP contribution in [0.5, 0.6) is 5.75 Å². The Morgan fingerprint density at radius 3 is 2.50 bits per heavy atom. The molecule has 0 saturated heterocycles. The second-order valence-corrected chi connectivity index (χ2v) is 8.71. The number of benzene rings is 2. The van der Waals surface area contributed by atoms with Crippen LogP contribution in [-0.4, -0.2) is 48.0 Å². The molecule has 0 aliphatic carbocycles. The largest absolute Gasteiger partial charge is 0.496 e. The molecule has 166 valence electrons. The number of halogens is 1. The lowest BCUT2D eigenvalue weighted by molar-refractivity contribution is -0.113. The van der Waals surface area contributed by atoms with E-state index in [1.54, 1.807) is 36.4 Å². The van der Waals surface area contributed by atoms with Crippen molar-refractivity contribution in [2.45, 2.75) is 4.34 Å². The highest BCUT2D eigenvalue weighted by Crippen LogP contribution is 2.28. The average Bonchev–Trinajstić information content (AvgIpc) is 3.24. The zero-order valence-electron chi connectivity index (χ0n) is 16.9. The van der Waals surface area contributed by atoms with Crippen LogP contribution in [-0.2, 0) is 9.53 Å². The number of rotatable bonds is 8. The Hall–Kier alpha value is -3.15. The van der Waals surface area contributed by atoms with E-state index in [1.165, 1.54) is 32.0 Å². The molecule has 0 spiro atoms. The minimum Gasteiger partial charge on any atom is -0.496 e. The molecule has 0 radical (unpaired) electrons. The number of aromatic nitrogens is 2. The SMILES string of the molecule is COC(=O)c1ccc(NC(=O)CSc2nnc(NC(=O)c3cc(Cl)ccc3OC)s2)cc1. The fourth-order valence-corrected chi connectivity index (χ4v) is 4.19. The number of ether oxygens (including phenoxy) is 2. The Labute approximate surface area is 196 Å². The van der Waals surface area contributed by atoms with E-state index >= 15 is 0 Å².